The van der Waals surface area contributed by atoms with Gasteiger partial charge in [-0.15, -0.1) is 10.2 Å². The number of aryl methyl sites for hydroxylation is 2. The Kier molecular flexibility index (Phi) is 5.30. The van der Waals surface area contributed by atoms with Crippen molar-refractivity contribution in [2.45, 2.75) is 18.5 Å². The first-order valence-corrected chi connectivity index (χ1v) is 11.5. The molecular formula is C24H24N6OS. The fourth-order valence-electron chi connectivity index (χ4n) is 4.05. The summed E-state index contributed by atoms with van der Waals surface area (Å²) in [7, 11) is 3.83. The number of rotatable bonds is 5. The van der Waals surface area contributed by atoms with Crippen LogP contribution in [0, 0.1) is 6.92 Å². The van der Waals surface area contributed by atoms with Crippen molar-refractivity contribution < 1.29 is 4.79 Å². The molecule has 8 heteroatoms. The van der Waals surface area contributed by atoms with Crippen LogP contribution in [0.5, 0.6) is 0 Å². The second-order valence-electron chi connectivity index (χ2n) is 8.01. The Morgan fingerprint density at radius 3 is 2.66 bits per heavy atom. The van der Waals surface area contributed by atoms with Crippen molar-refractivity contribution in [1.82, 2.24) is 24.5 Å². The Balaban J connectivity index is 1.36. The average molecular weight is 445 g/mol. The first-order chi connectivity index (χ1) is 15.5. The highest BCUT2D eigenvalue weighted by Gasteiger charge is 2.25. The number of aromatic nitrogens is 5. The first-order valence-electron chi connectivity index (χ1n) is 10.5. The van der Waals surface area contributed by atoms with Gasteiger partial charge in [0.1, 0.15) is 5.69 Å². The third-order valence-electron chi connectivity index (χ3n) is 5.74. The van der Waals surface area contributed by atoms with Crippen molar-refractivity contribution in [1.29, 1.82) is 0 Å². The van der Waals surface area contributed by atoms with Crippen molar-refractivity contribution in [2.75, 3.05) is 17.2 Å². The van der Waals surface area contributed by atoms with Crippen LogP contribution in [-0.4, -0.2) is 42.7 Å². The SMILES string of the molecule is Cc1ccc(-c2nn(C)cc2-c2nnc(SCC(=O)N3CCc4ccccc43)n2C)cc1. The number of hydrogen-bond acceptors (Lipinski definition) is 5. The highest BCUT2D eigenvalue weighted by Crippen LogP contribution is 2.32. The molecule has 1 aliphatic heterocycles. The average Bonchev–Trinajstić information content (AvgIpc) is 3.49. The molecule has 2 aromatic heterocycles. The molecule has 1 aliphatic rings. The van der Waals surface area contributed by atoms with Crippen LogP contribution in [0.1, 0.15) is 11.1 Å². The fourth-order valence-corrected chi connectivity index (χ4v) is 4.84. The quantitative estimate of drug-likeness (QED) is 0.437. The van der Waals surface area contributed by atoms with E-state index >= 15 is 0 Å². The van der Waals surface area contributed by atoms with Gasteiger partial charge >= 0.3 is 0 Å². The van der Waals surface area contributed by atoms with E-state index in [-0.39, 0.29) is 5.91 Å². The van der Waals surface area contributed by atoms with E-state index in [9.17, 15) is 4.79 Å². The Labute approximate surface area is 191 Å². The highest BCUT2D eigenvalue weighted by atomic mass is 32.2. The summed E-state index contributed by atoms with van der Waals surface area (Å²) >= 11 is 1.41. The molecule has 0 unspecified atom stereocenters. The zero-order valence-corrected chi connectivity index (χ0v) is 19.1. The summed E-state index contributed by atoms with van der Waals surface area (Å²) in [6.45, 7) is 2.80. The maximum absolute atomic E-state index is 12.9. The molecule has 4 aromatic rings. The van der Waals surface area contributed by atoms with E-state index in [0.717, 1.165) is 41.3 Å². The summed E-state index contributed by atoms with van der Waals surface area (Å²) in [5, 5.41) is 14.2. The predicted octanol–water partition coefficient (Wildman–Crippen LogP) is 3.87. The number of benzene rings is 2. The second kappa shape index (κ2) is 8.27. The summed E-state index contributed by atoms with van der Waals surface area (Å²) in [6.07, 6.45) is 2.86. The van der Waals surface area contributed by atoms with E-state index < -0.39 is 0 Å². The molecule has 0 bridgehead atoms. The van der Waals surface area contributed by atoms with Gasteiger partial charge in [0.15, 0.2) is 11.0 Å². The van der Waals surface area contributed by atoms with Crippen LogP contribution in [0.15, 0.2) is 59.9 Å². The number of carbonyl (C=O) groups excluding carboxylic acids is 1. The Morgan fingerprint density at radius 1 is 1.06 bits per heavy atom. The van der Waals surface area contributed by atoms with Crippen molar-refractivity contribution in [2.24, 2.45) is 14.1 Å². The maximum Gasteiger partial charge on any atom is 0.237 e. The minimum atomic E-state index is 0.0891. The lowest BCUT2D eigenvalue weighted by Gasteiger charge is -2.16. The molecule has 0 atom stereocenters. The van der Waals surface area contributed by atoms with Crippen LogP contribution < -0.4 is 4.90 Å². The van der Waals surface area contributed by atoms with Gasteiger partial charge in [0.25, 0.3) is 0 Å². The molecule has 5 rings (SSSR count). The summed E-state index contributed by atoms with van der Waals surface area (Å²) in [4.78, 5) is 14.7. The Bertz CT molecular complexity index is 1290. The van der Waals surface area contributed by atoms with E-state index in [2.05, 4.69) is 52.6 Å². The number of para-hydroxylation sites is 1. The monoisotopic (exact) mass is 444 g/mol. The number of carbonyl (C=O) groups is 1. The standard InChI is InChI=1S/C24H24N6OS/c1-16-8-10-18(11-9-16)22-19(14-28(2)27-22)23-25-26-24(29(23)3)32-15-21(31)30-13-12-17-6-4-5-7-20(17)30/h4-11,14H,12-13,15H2,1-3H3. The molecular weight excluding hydrogens is 420 g/mol. The van der Waals surface area contributed by atoms with Gasteiger partial charge < -0.3 is 9.47 Å². The molecule has 2 aromatic carbocycles. The van der Waals surface area contributed by atoms with Gasteiger partial charge in [-0.1, -0.05) is 59.8 Å². The molecule has 32 heavy (non-hydrogen) atoms. The Morgan fingerprint density at radius 2 is 1.84 bits per heavy atom. The zero-order valence-electron chi connectivity index (χ0n) is 18.3. The van der Waals surface area contributed by atoms with Gasteiger partial charge in [0.05, 0.1) is 11.3 Å². The van der Waals surface area contributed by atoms with Crippen LogP contribution in [0.2, 0.25) is 0 Å². The van der Waals surface area contributed by atoms with Crippen molar-refractivity contribution >= 4 is 23.4 Å². The number of nitrogens with zero attached hydrogens (tertiary/aromatic N) is 6. The fraction of sp³-hybridized carbons (Fsp3) is 0.250. The van der Waals surface area contributed by atoms with Crippen LogP contribution in [0.25, 0.3) is 22.6 Å². The van der Waals surface area contributed by atoms with Gasteiger partial charge in [0, 0.05) is 38.1 Å². The zero-order chi connectivity index (χ0) is 22.2. The summed E-state index contributed by atoms with van der Waals surface area (Å²) in [5.74, 6) is 1.14. The molecule has 0 radical (unpaired) electrons. The third kappa shape index (κ3) is 3.71. The van der Waals surface area contributed by atoms with Crippen LogP contribution in [0.3, 0.4) is 0 Å². The minimum absolute atomic E-state index is 0.0891. The molecule has 0 fully saturated rings. The minimum Gasteiger partial charge on any atom is -0.311 e. The van der Waals surface area contributed by atoms with E-state index in [1.54, 1.807) is 4.68 Å². The molecule has 162 valence electrons. The summed E-state index contributed by atoms with van der Waals surface area (Å²) < 4.78 is 3.73. The molecule has 0 spiro atoms. The van der Waals surface area contributed by atoms with E-state index in [4.69, 9.17) is 0 Å². The smallest absolute Gasteiger partial charge is 0.237 e. The Hall–Kier alpha value is -3.39. The lowest BCUT2D eigenvalue weighted by Crippen LogP contribution is -2.30. The van der Waals surface area contributed by atoms with Gasteiger partial charge in [-0.05, 0) is 25.0 Å². The van der Waals surface area contributed by atoms with Crippen LogP contribution >= 0.6 is 11.8 Å². The van der Waals surface area contributed by atoms with Crippen molar-refractivity contribution in [3.63, 3.8) is 0 Å². The number of anilines is 1. The van der Waals surface area contributed by atoms with Crippen molar-refractivity contribution in [3.05, 3.63) is 65.9 Å². The van der Waals surface area contributed by atoms with E-state index in [1.807, 2.05) is 48.0 Å². The molecule has 0 aliphatic carbocycles. The normalized spacial score (nSPS) is 12.9. The third-order valence-corrected chi connectivity index (χ3v) is 6.75. The van der Waals surface area contributed by atoms with Crippen LogP contribution in [0.4, 0.5) is 5.69 Å². The van der Waals surface area contributed by atoms with Crippen LogP contribution in [-0.2, 0) is 25.3 Å². The lowest BCUT2D eigenvalue weighted by atomic mass is 10.1. The van der Waals surface area contributed by atoms with Gasteiger partial charge in [-0.3, -0.25) is 9.48 Å². The summed E-state index contributed by atoms with van der Waals surface area (Å²) in [6, 6.07) is 16.4. The molecule has 0 N–H and O–H groups in total. The van der Waals surface area contributed by atoms with Crippen molar-refractivity contribution in [3.8, 4) is 22.6 Å². The number of hydrogen-bond donors (Lipinski definition) is 0. The number of amides is 1. The van der Waals surface area contributed by atoms with E-state index in [1.165, 1.54) is 22.9 Å². The van der Waals surface area contributed by atoms with E-state index in [0.29, 0.717) is 10.9 Å². The van der Waals surface area contributed by atoms with Gasteiger partial charge in [-0.25, -0.2) is 0 Å². The molecule has 3 heterocycles. The topological polar surface area (TPSA) is 68.8 Å². The van der Waals surface area contributed by atoms with Gasteiger partial charge in [0.2, 0.25) is 5.91 Å². The first kappa shape index (κ1) is 20.5. The summed E-state index contributed by atoms with van der Waals surface area (Å²) in [5.41, 5.74) is 6.27. The number of thioether (sulfide) groups is 1. The van der Waals surface area contributed by atoms with Gasteiger partial charge in [-0.2, -0.15) is 5.10 Å². The second-order valence-corrected chi connectivity index (χ2v) is 8.95. The largest absolute Gasteiger partial charge is 0.311 e. The molecule has 0 saturated carbocycles. The molecule has 0 saturated heterocycles. The predicted molar refractivity (Wildman–Crippen MR) is 127 cm³/mol. The lowest BCUT2D eigenvalue weighted by molar-refractivity contribution is -0.116. The highest BCUT2D eigenvalue weighted by molar-refractivity contribution is 7.99. The molecule has 1 amide bonds. The number of fused-ring (bicyclic) bond motifs is 1. The molecule has 7 nitrogen and oxygen atoms in total. The maximum atomic E-state index is 12.9.